The zero-order valence-corrected chi connectivity index (χ0v) is 13.7. The Morgan fingerprint density at radius 3 is 2.88 bits per heavy atom. The second-order valence-electron chi connectivity index (χ2n) is 6.07. The molecule has 0 saturated carbocycles. The number of benzene rings is 1. The number of nitrogens with zero attached hydrogens (tertiary/aromatic N) is 6. The van der Waals surface area contributed by atoms with Crippen molar-refractivity contribution in [3.05, 3.63) is 47.9 Å². The molecule has 0 fully saturated rings. The molecule has 0 spiro atoms. The van der Waals surface area contributed by atoms with E-state index in [0.29, 0.717) is 11.7 Å². The first-order chi connectivity index (χ1) is 11.8. The Morgan fingerprint density at radius 1 is 1.12 bits per heavy atom. The molecule has 0 N–H and O–H groups in total. The van der Waals surface area contributed by atoms with E-state index in [4.69, 9.17) is 4.52 Å². The van der Waals surface area contributed by atoms with Gasteiger partial charge in [-0.2, -0.15) is 4.98 Å². The predicted molar refractivity (Wildman–Crippen MR) is 88.1 cm³/mol. The van der Waals surface area contributed by atoms with E-state index >= 15 is 0 Å². The van der Waals surface area contributed by atoms with Crippen LogP contribution in [0.4, 0.5) is 0 Å². The lowest BCUT2D eigenvalue weighted by Crippen LogP contribution is -2.35. The van der Waals surface area contributed by atoms with Gasteiger partial charge in [-0.1, -0.05) is 35.5 Å². The van der Waals surface area contributed by atoms with Crippen molar-refractivity contribution < 1.29 is 4.52 Å². The second kappa shape index (κ2) is 6.52. The largest absolute Gasteiger partial charge is 0.339 e. The molecule has 4 rings (SSSR count). The fourth-order valence-electron chi connectivity index (χ4n) is 3.06. The summed E-state index contributed by atoms with van der Waals surface area (Å²) in [5, 5.41) is 12.4. The summed E-state index contributed by atoms with van der Waals surface area (Å²) in [4.78, 5) is 6.88. The molecule has 3 heterocycles. The fraction of sp³-hybridized carbons (Fsp3) is 0.412. The highest BCUT2D eigenvalue weighted by molar-refractivity contribution is 5.53. The third-order valence-corrected chi connectivity index (χ3v) is 4.38. The van der Waals surface area contributed by atoms with Gasteiger partial charge in [0, 0.05) is 25.1 Å². The first-order valence-corrected chi connectivity index (χ1v) is 8.28. The molecule has 3 aromatic rings. The Morgan fingerprint density at radius 2 is 2.00 bits per heavy atom. The number of aryl methyl sites for hydroxylation is 2. The molecule has 1 aliphatic rings. The van der Waals surface area contributed by atoms with E-state index in [-0.39, 0.29) is 0 Å². The molecule has 7 nitrogen and oxygen atoms in total. The molecule has 0 unspecified atom stereocenters. The van der Waals surface area contributed by atoms with E-state index in [1.54, 1.807) is 0 Å². The molecule has 1 aromatic carbocycles. The van der Waals surface area contributed by atoms with Crippen molar-refractivity contribution in [3.8, 4) is 11.4 Å². The first kappa shape index (κ1) is 15.0. The van der Waals surface area contributed by atoms with Crippen molar-refractivity contribution in [3.63, 3.8) is 0 Å². The van der Waals surface area contributed by atoms with Crippen LogP contribution in [0, 0.1) is 6.92 Å². The van der Waals surface area contributed by atoms with E-state index in [1.165, 1.54) is 0 Å². The third kappa shape index (κ3) is 3.07. The average Bonchev–Trinajstić information content (AvgIpc) is 3.23. The van der Waals surface area contributed by atoms with Crippen LogP contribution in [0.1, 0.15) is 24.0 Å². The summed E-state index contributed by atoms with van der Waals surface area (Å²) in [6, 6.07) is 9.90. The number of hydrogen-bond donors (Lipinski definition) is 0. The maximum Gasteiger partial charge on any atom is 0.227 e. The van der Waals surface area contributed by atoms with Gasteiger partial charge in [-0.3, -0.25) is 4.90 Å². The minimum absolute atomic E-state index is 0.659. The number of aromatic nitrogens is 5. The number of fused-ring (bicyclic) bond motifs is 1. The Labute approximate surface area is 140 Å². The minimum Gasteiger partial charge on any atom is -0.339 e. The van der Waals surface area contributed by atoms with Gasteiger partial charge in [0.15, 0.2) is 0 Å². The van der Waals surface area contributed by atoms with E-state index in [0.717, 1.165) is 56.2 Å². The summed E-state index contributed by atoms with van der Waals surface area (Å²) in [6.07, 6.45) is 1.78. The molecule has 24 heavy (non-hydrogen) atoms. The molecular formula is C17H20N6O. The zero-order valence-electron chi connectivity index (χ0n) is 13.7. The maximum absolute atomic E-state index is 5.36. The van der Waals surface area contributed by atoms with Gasteiger partial charge in [-0.15, -0.1) is 10.2 Å². The van der Waals surface area contributed by atoms with Crippen molar-refractivity contribution in [1.29, 1.82) is 0 Å². The quantitative estimate of drug-likeness (QED) is 0.715. The van der Waals surface area contributed by atoms with Gasteiger partial charge in [-0.25, -0.2) is 0 Å². The molecule has 0 radical (unpaired) electrons. The van der Waals surface area contributed by atoms with E-state index < -0.39 is 0 Å². The zero-order chi connectivity index (χ0) is 16.4. The molecule has 0 amide bonds. The lowest BCUT2D eigenvalue weighted by atomic mass is 10.2. The molecule has 0 aliphatic carbocycles. The lowest BCUT2D eigenvalue weighted by Gasteiger charge is -2.27. The summed E-state index contributed by atoms with van der Waals surface area (Å²) in [7, 11) is 0. The van der Waals surface area contributed by atoms with Crippen molar-refractivity contribution in [2.24, 2.45) is 0 Å². The van der Waals surface area contributed by atoms with Crippen LogP contribution in [0.15, 0.2) is 34.9 Å². The summed E-state index contributed by atoms with van der Waals surface area (Å²) < 4.78 is 7.56. The van der Waals surface area contributed by atoms with Gasteiger partial charge in [0.05, 0.1) is 6.54 Å². The second-order valence-corrected chi connectivity index (χ2v) is 6.07. The Balaban J connectivity index is 1.30. The van der Waals surface area contributed by atoms with Gasteiger partial charge >= 0.3 is 0 Å². The monoisotopic (exact) mass is 324 g/mol. The van der Waals surface area contributed by atoms with Crippen LogP contribution in [-0.2, 0) is 19.5 Å². The van der Waals surface area contributed by atoms with Crippen molar-refractivity contribution in [2.45, 2.75) is 32.9 Å². The summed E-state index contributed by atoms with van der Waals surface area (Å²) >= 11 is 0. The van der Waals surface area contributed by atoms with Crippen LogP contribution in [0.25, 0.3) is 11.4 Å². The first-order valence-electron chi connectivity index (χ1n) is 8.28. The lowest BCUT2D eigenvalue weighted by molar-refractivity contribution is 0.211. The van der Waals surface area contributed by atoms with Gasteiger partial charge in [0.1, 0.15) is 11.6 Å². The van der Waals surface area contributed by atoms with E-state index in [9.17, 15) is 0 Å². The maximum atomic E-state index is 5.36. The van der Waals surface area contributed by atoms with Gasteiger partial charge in [0.2, 0.25) is 11.7 Å². The van der Waals surface area contributed by atoms with Crippen LogP contribution in [0.3, 0.4) is 0 Å². The van der Waals surface area contributed by atoms with Gasteiger partial charge < -0.3 is 9.09 Å². The van der Waals surface area contributed by atoms with Crippen LogP contribution in [0.5, 0.6) is 0 Å². The molecule has 0 bridgehead atoms. The minimum atomic E-state index is 0.659. The molecular weight excluding hydrogens is 304 g/mol. The van der Waals surface area contributed by atoms with Crippen molar-refractivity contribution in [1.82, 2.24) is 29.8 Å². The highest BCUT2D eigenvalue weighted by Crippen LogP contribution is 2.16. The van der Waals surface area contributed by atoms with Crippen molar-refractivity contribution in [2.75, 3.05) is 13.1 Å². The molecule has 7 heteroatoms. The normalized spacial score (nSPS) is 14.7. The van der Waals surface area contributed by atoms with Crippen LogP contribution in [-0.4, -0.2) is 42.9 Å². The Hall–Kier alpha value is -2.54. The molecule has 0 atom stereocenters. The van der Waals surface area contributed by atoms with Crippen LogP contribution < -0.4 is 0 Å². The SMILES string of the molecule is Cc1nnc2n1CCN(CCCc1nc(-c3ccccc3)no1)C2. The predicted octanol–water partition coefficient (Wildman–Crippen LogP) is 2.08. The molecule has 0 saturated heterocycles. The highest BCUT2D eigenvalue weighted by Gasteiger charge is 2.19. The number of rotatable bonds is 5. The van der Waals surface area contributed by atoms with E-state index in [1.807, 2.05) is 37.3 Å². The molecule has 2 aromatic heterocycles. The number of hydrogen-bond acceptors (Lipinski definition) is 6. The van der Waals surface area contributed by atoms with Gasteiger partial charge in [0.25, 0.3) is 0 Å². The van der Waals surface area contributed by atoms with Crippen LogP contribution in [0.2, 0.25) is 0 Å². The average molecular weight is 324 g/mol. The standard InChI is InChI=1S/C17H20N6O/c1-13-19-20-15-12-22(10-11-23(13)15)9-5-8-16-18-17(21-24-16)14-6-3-2-4-7-14/h2-4,6-7H,5,8-12H2,1H3. The smallest absolute Gasteiger partial charge is 0.227 e. The summed E-state index contributed by atoms with van der Waals surface area (Å²) in [5.41, 5.74) is 0.984. The van der Waals surface area contributed by atoms with Gasteiger partial charge in [-0.05, 0) is 19.9 Å². The Bertz CT molecular complexity index is 810. The molecule has 124 valence electrons. The summed E-state index contributed by atoms with van der Waals surface area (Å²) in [6.45, 7) is 5.86. The molecule has 1 aliphatic heterocycles. The fourth-order valence-corrected chi connectivity index (χ4v) is 3.06. The van der Waals surface area contributed by atoms with Crippen molar-refractivity contribution >= 4 is 0 Å². The Kier molecular flexibility index (Phi) is 4.08. The third-order valence-electron chi connectivity index (χ3n) is 4.38. The van der Waals surface area contributed by atoms with E-state index in [2.05, 4.69) is 29.8 Å². The highest BCUT2D eigenvalue weighted by atomic mass is 16.5. The topological polar surface area (TPSA) is 72.9 Å². The summed E-state index contributed by atoms with van der Waals surface area (Å²) in [5.74, 6) is 3.42. The van der Waals surface area contributed by atoms with Crippen LogP contribution >= 0.6 is 0 Å².